The predicted molar refractivity (Wildman–Crippen MR) is 117 cm³/mol. The Morgan fingerprint density at radius 2 is 1.84 bits per heavy atom. The van der Waals surface area contributed by atoms with Crippen molar-refractivity contribution in [2.75, 3.05) is 25.0 Å². The third-order valence-corrected chi connectivity index (χ3v) is 8.08. The zero-order valence-electron chi connectivity index (χ0n) is 18.2. The Balaban J connectivity index is 1.21. The van der Waals surface area contributed by atoms with Crippen molar-refractivity contribution in [2.45, 2.75) is 57.1 Å². The normalized spacial score (nSPS) is 36.2. The molecule has 2 amide bonds. The number of hydrogen-bond donors (Lipinski definition) is 3. The second-order valence-corrected chi connectivity index (χ2v) is 10.1. The molecule has 4 saturated carbocycles. The highest BCUT2D eigenvalue weighted by Gasteiger charge is 2.58. The molecule has 31 heavy (non-hydrogen) atoms. The maximum absolute atomic E-state index is 13.4. The van der Waals surface area contributed by atoms with Crippen molar-refractivity contribution in [3.05, 3.63) is 24.3 Å². The smallest absolute Gasteiger partial charge is 0.410 e. The van der Waals surface area contributed by atoms with Crippen LogP contribution in [-0.4, -0.2) is 49.4 Å². The summed E-state index contributed by atoms with van der Waals surface area (Å²) >= 11 is 0. The van der Waals surface area contributed by atoms with Gasteiger partial charge >= 0.3 is 6.09 Å². The number of nitrogens with zero attached hydrogens (tertiary/aromatic N) is 1. The van der Waals surface area contributed by atoms with E-state index in [9.17, 15) is 14.7 Å². The minimum Gasteiger partial charge on any atom is -0.410 e. The van der Waals surface area contributed by atoms with Gasteiger partial charge in [0.15, 0.2) is 0 Å². The van der Waals surface area contributed by atoms with Crippen molar-refractivity contribution in [1.82, 2.24) is 10.6 Å². The minimum absolute atomic E-state index is 0.140. The summed E-state index contributed by atoms with van der Waals surface area (Å²) in [7, 11) is 1.53. The van der Waals surface area contributed by atoms with E-state index < -0.39 is 6.09 Å². The van der Waals surface area contributed by atoms with Gasteiger partial charge in [0.25, 0.3) is 0 Å². The molecule has 1 aliphatic heterocycles. The molecule has 3 N–H and O–H groups in total. The average Bonchev–Trinajstić information content (AvgIpc) is 2.77. The molecule has 4 aliphatic carbocycles. The summed E-state index contributed by atoms with van der Waals surface area (Å²) in [5.41, 5.74) is 0.817. The first-order chi connectivity index (χ1) is 15.0. The molecule has 6 rings (SSSR count). The monoisotopic (exact) mass is 427 g/mol. The minimum atomic E-state index is -0.481. The Morgan fingerprint density at radius 3 is 2.52 bits per heavy atom. The van der Waals surface area contributed by atoms with E-state index in [4.69, 9.17) is 4.74 Å². The quantitative estimate of drug-likeness (QED) is 0.687. The van der Waals surface area contributed by atoms with Gasteiger partial charge in [-0.25, -0.2) is 4.79 Å². The highest BCUT2D eigenvalue weighted by molar-refractivity contribution is 5.83. The molecule has 0 spiro atoms. The Bertz CT molecular complexity index is 826. The molecule has 5 fully saturated rings. The molecule has 0 radical (unpaired) electrons. The highest BCUT2D eigenvalue weighted by atomic mass is 16.5. The zero-order chi connectivity index (χ0) is 21.6. The number of ether oxygens (including phenoxy) is 1. The molecular weight excluding hydrogens is 394 g/mol. The van der Waals surface area contributed by atoms with E-state index >= 15 is 0 Å². The van der Waals surface area contributed by atoms with Gasteiger partial charge in [0.2, 0.25) is 5.91 Å². The van der Waals surface area contributed by atoms with Crippen molar-refractivity contribution in [3.63, 3.8) is 0 Å². The molecule has 1 aromatic carbocycles. The van der Waals surface area contributed by atoms with Gasteiger partial charge in [-0.3, -0.25) is 4.79 Å². The molecule has 1 saturated heterocycles. The Kier molecular flexibility index (Phi) is 5.32. The molecule has 1 heterocycles. The van der Waals surface area contributed by atoms with Gasteiger partial charge < -0.3 is 25.4 Å². The van der Waals surface area contributed by atoms with Crippen molar-refractivity contribution in [1.29, 1.82) is 0 Å². The van der Waals surface area contributed by atoms with Gasteiger partial charge in [0.1, 0.15) is 5.75 Å². The van der Waals surface area contributed by atoms with Gasteiger partial charge in [-0.05, 0) is 87.0 Å². The number of benzene rings is 1. The van der Waals surface area contributed by atoms with Crippen LogP contribution >= 0.6 is 0 Å². The number of nitrogens with one attached hydrogen (secondary N) is 2. The maximum atomic E-state index is 13.4. The van der Waals surface area contributed by atoms with Crippen molar-refractivity contribution in [3.8, 4) is 5.75 Å². The summed E-state index contributed by atoms with van der Waals surface area (Å²) in [4.78, 5) is 27.1. The van der Waals surface area contributed by atoms with Crippen LogP contribution in [0.3, 0.4) is 0 Å². The van der Waals surface area contributed by atoms with E-state index in [1.54, 1.807) is 12.1 Å². The first-order valence-corrected chi connectivity index (χ1v) is 11.7. The van der Waals surface area contributed by atoms with E-state index in [0.717, 1.165) is 63.7 Å². The largest absolute Gasteiger partial charge is 0.412 e. The second kappa shape index (κ2) is 8.01. The lowest BCUT2D eigenvalue weighted by Gasteiger charge is -2.58. The van der Waals surface area contributed by atoms with Gasteiger partial charge in [-0.15, -0.1) is 0 Å². The van der Waals surface area contributed by atoms with Gasteiger partial charge in [-0.1, -0.05) is 0 Å². The first kappa shape index (κ1) is 20.6. The number of amides is 2. The first-order valence-electron chi connectivity index (χ1n) is 11.7. The average molecular weight is 428 g/mol. The summed E-state index contributed by atoms with van der Waals surface area (Å²) in [6.45, 7) is 1.74. The van der Waals surface area contributed by atoms with E-state index in [1.165, 1.54) is 7.05 Å². The Morgan fingerprint density at radius 1 is 1.13 bits per heavy atom. The van der Waals surface area contributed by atoms with Crippen LogP contribution in [0.4, 0.5) is 10.5 Å². The molecule has 5 aliphatic rings. The zero-order valence-corrected chi connectivity index (χ0v) is 18.2. The van der Waals surface area contributed by atoms with E-state index in [1.807, 2.05) is 12.1 Å². The van der Waals surface area contributed by atoms with Gasteiger partial charge in [0, 0.05) is 31.9 Å². The number of piperidine rings is 1. The number of carbonyl (C=O) groups is 2. The topological polar surface area (TPSA) is 90.9 Å². The number of carbonyl (C=O) groups excluding carboxylic acids is 2. The number of rotatable bonds is 4. The lowest BCUT2D eigenvalue weighted by Crippen LogP contribution is -2.60. The van der Waals surface area contributed by atoms with Crippen LogP contribution in [0.5, 0.6) is 5.75 Å². The fraction of sp³-hybridized carbons (Fsp3) is 0.667. The Labute approximate surface area is 183 Å². The van der Waals surface area contributed by atoms with Crippen LogP contribution in [0.15, 0.2) is 24.3 Å². The Hall–Kier alpha value is -2.28. The lowest BCUT2D eigenvalue weighted by molar-refractivity contribution is -0.163. The van der Waals surface area contributed by atoms with Crippen molar-refractivity contribution >= 4 is 17.7 Å². The molecule has 4 bridgehead atoms. The van der Waals surface area contributed by atoms with Crippen LogP contribution in [0.25, 0.3) is 0 Å². The van der Waals surface area contributed by atoms with Crippen LogP contribution in [0.1, 0.15) is 44.9 Å². The summed E-state index contributed by atoms with van der Waals surface area (Å²) < 4.78 is 5.16. The van der Waals surface area contributed by atoms with Crippen LogP contribution in [0.2, 0.25) is 0 Å². The molecular formula is C24H33N3O4. The van der Waals surface area contributed by atoms with E-state index in [0.29, 0.717) is 23.5 Å². The molecule has 1 aromatic rings. The van der Waals surface area contributed by atoms with Gasteiger partial charge in [-0.2, -0.15) is 0 Å². The summed E-state index contributed by atoms with van der Waals surface area (Å²) in [5.74, 6) is 1.98. The number of hydrogen-bond acceptors (Lipinski definition) is 5. The van der Waals surface area contributed by atoms with E-state index in [-0.39, 0.29) is 23.5 Å². The molecule has 3 atom stereocenters. The molecule has 7 nitrogen and oxygen atoms in total. The maximum Gasteiger partial charge on any atom is 0.412 e. The van der Waals surface area contributed by atoms with Crippen molar-refractivity contribution in [2.24, 2.45) is 23.2 Å². The molecule has 0 aromatic heterocycles. The third-order valence-electron chi connectivity index (χ3n) is 8.08. The fourth-order valence-electron chi connectivity index (χ4n) is 6.83. The number of anilines is 1. The van der Waals surface area contributed by atoms with Crippen LogP contribution in [0, 0.1) is 23.2 Å². The van der Waals surface area contributed by atoms with Crippen molar-refractivity contribution < 1.29 is 19.4 Å². The fourth-order valence-corrected chi connectivity index (χ4v) is 6.83. The molecule has 168 valence electrons. The number of aliphatic hydroxyl groups excluding tert-OH is 1. The lowest BCUT2D eigenvalue weighted by atomic mass is 9.48. The summed E-state index contributed by atoms with van der Waals surface area (Å²) in [5, 5.41) is 16.4. The van der Waals surface area contributed by atoms with E-state index in [2.05, 4.69) is 15.5 Å². The summed E-state index contributed by atoms with van der Waals surface area (Å²) in [6, 6.07) is 7.66. The third kappa shape index (κ3) is 3.88. The standard InChI is InChI=1S/C24H33N3O4/c1-25-23(30)31-20-6-4-19(5-7-20)27-8-2-3-18(14-27)26-22(29)24-11-15-9-16(12-24)21(28)17(10-15)13-24/h4-7,15-18,21,28H,2-3,8-14H2,1H3,(H,25,30)(H,26,29)/t15?,16?,17?,18-,21?,24?/m0/s1. The van der Waals surface area contributed by atoms with Crippen LogP contribution < -0.4 is 20.3 Å². The molecule has 2 unspecified atom stereocenters. The number of aliphatic hydroxyl groups is 1. The second-order valence-electron chi connectivity index (χ2n) is 10.1. The highest BCUT2D eigenvalue weighted by Crippen LogP contribution is 2.60. The predicted octanol–water partition coefficient (Wildman–Crippen LogP) is 2.68. The van der Waals surface area contributed by atoms with Gasteiger partial charge in [0.05, 0.1) is 11.5 Å². The summed E-state index contributed by atoms with van der Waals surface area (Å²) in [6.07, 6.45) is 6.26. The van der Waals surface area contributed by atoms with Crippen LogP contribution in [-0.2, 0) is 4.79 Å². The SMILES string of the molecule is CNC(=O)Oc1ccc(N2CCC[C@H](NC(=O)C34CC5CC(C3)C(O)C(C5)C4)C2)cc1. The molecule has 7 heteroatoms.